The van der Waals surface area contributed by atoms with Crippen molar-refractivity contribution in [2.24, 2.45) is 0 Å². The Morgan fingerprint density at radius 1 is 0.862 bits per heavy atom. The van der Waals surface area contributed by atoms with Gasteiger partial charge in [0.15, 0.2) is 18.1 Å². The minimum absolute atomic E-state index is 0.216. The predicted octanol–water partition coefficient (Wildman–Crippen LogP) is 3.30. The Balaban J connectivity index is 1.99. The molecule has 0 unspecified atom stereocenters. The summed E-state index contributed by atoms with van der Waals surface area (Å²) in [7, 11) is 2.95. The van der Waals surface area contributed by atoms with Crippen LogP contribution in [0.15, 0.2) is 36.4 Å². The predicted molar refractivity (Wildman–Crippen MR) is 107 cm³/mol. The number of anilines is 1. The van der Waals surface area contributed by atoms with E-state index >= 15 is 0 Å². The fourth-order valence-corrected chi connectivity index (χ4v) is 2.47. The largest absolute Gasteiger partial charge is 0.497 e. The number of hydrogen-bond donors (Lipinski definition) is 1. The van der Waals surface area contributed by atoms with Crippen LogP contribution in [0.3, 0.4) is 0 Å². The molecule has 8 heteroatoms. The summed E-state index contributed by atoms with van der Waals surface area (Å²) < 4.78 is 26.3. The number of methoxy groups -OCH3 is 2. The highest BCUT2D eigenvalue weighted by Crippen LogP contribution is 2.30. The molecule has 0 aliphatic carbocycles. The van der Waals surface area contributed by atoms with E-state index in [4.69, 9.17) is 23.7 Å². The van der Waals surface area contributed by atoms with Crippen molar-refractivity contribution in [1.82, 2.24) is 0 Å². The topological polar surface area (TPSA) is 92.3 Å². The van der Waals surface area contributed by atoms with Gasteiger partial charge in [0.1, 0.15) is 11.5 Å². The van der Waals surface area contributed by atoms with Crippen molar-refractivity contribution >= 4 is 17.6 Å². The highest BCUT2D eigenvalue weighted by molar-refractivity contribution is 5.96. The number of nitrogens with one attached hydrogen (secondary N) is 1. The quantitative estimate of drug-likeness (QED) is 0.609. The summed E-state index contributed by atoms with van der Waals surface area (Å²) in [5.74, 6) is 0.842. The molecule has 0 saturated heterocycles. The summed E-state index contributed by atoms with van der Waals surface area (Å²) in [5.41, 5.74) is 0.717. The summed E-state index contributed by atoms with van der Waals surface area (Å²) >= 11 is 0. The van der Waals surface area contributed by atoms with E-state index in [1.807, 2.05) is 13.8 Å². The minimum atomic E-state index is -0.668. The van der Waals surface area contributed by atoms with Crippen LogP contribution >= 0.6 is 0 Å². The van der Waals surface area contributed by atoms with Crippen molar-refractivity contribution in [2.45, 2.75) is 13.8 Å². The maximum Gasteiger partial charge on any atom is 0.338 e. The Hall–Kier alpha value is -3.42. The normalized spacial score (nSPS) is 10.1. The third kappa shape index (κ3) is 6.31. The molecule has 0 aliphatic heterocycles. The molecule has 8 nitrogen and oxygen atoms in total. The minimum Gasteiger partial charge on any atom is -0.497 e. The van der Waals surface area contributed by atoms with Gasteiger partial charge in [-0.3, -0.25) is 4.79 Å². The fourth-order valence-electron chi connectivity index (χ4n) is 2.47. The summed E-state index contributed by atoms with van der Waals surface area (Å²) in [6, 6.07) is 9.68. The zero-order valence-corrected chi connectivity index (χ0v) is 16.9. The van der Waals surface area contributed by atoms with Crippen LogP contribution in [-0.2, 0) is 9.53 Å². The van der Waals surface area contributed by atoms with Crippen LogP contribution in [-0.4, -0.2) is 45.9 Å². The van der Waals surface area contributed by atoms with Crippen molar-refractivity contribution in [3.8, 4) is 23.0 Å². The Morgan fingerprint density at radius 3 is 2.07 bits per heavy atom. The lowest BCUT2D eigenvalue weighted by Crippen LogP contribution is -2.21. The van der Waals surface area contributed by atoms with Gasteiger partial charge in [-0.25, -0.2) is 4.79 Å². The van der Waals surface area contributed by atoms with E-state index in [0.29, 0.717) is 41.9 Å². The number of hydrogen-bond acceptors (Lipinski definition) is 7. The molecule has 2 rings (SSSR count). The Bertz CT molecular complexity index is 829. The lowest BCUT2D eigenvalue weighted by Gasteiger charge is -2.13. The molecule has 0 fully saturated rings. The van der Waals surface area contributed by atoms with E-state index < -0.39 is 18.5 Å². The first-order valence-electron chi connectivity index (χ1n) is 9.10. The van der Waals surface area contributed by atoms with Crippen LogP contribution in [0.2, 0.25) is 0 Å². The molecular weight excluding hydrogens is 378 g/mol. The van der Waals surface area contributed by atoms with Crippen molar-refractivity contribution in [3.05, 3.63) is 42.0 Å². The van der Waals surface area contributed by atoms with Gasteiger partial charge in [-0.05, 0) is 38.1 Å². The van der Waals surface area contributed by atoms with Gasteiger partial charge in [0, 0.05) is 17.8 Å². The third-order valence-corrected chi connectivity index (χ3v) is 3.75. The van der Waals surface area contributed by atoms with E-state index in [1.54, 1.807) is 24.3 Å². The number of benzene rings is 2. The first-order valence-corrected chi connectivity index (χ1v) is 9.10. The standard InChI is InChI=1S/C21H25NO7/c1-5-27-18-8-7-15(11-19(18)28-6-2)22-20(23)13-29-21(24)14-9-16(25-3)12-17(10-14)26-4/h7-12H,5-6,13H2,1-4H3,(H,22,23). The molecule has 2 aromatic carbocycles. The molecule has 0 aromatic heterocycles. The molecule has 1 amide bonds. The molecule has 0 radical (unpaired) electrons. The van der Waals surface area contributed by atoms with Gasteiger partial charge in [-0.15, -0.1) is 0 Å². The molecule has 156 valence electrons. The Kier molecular flexibility index (Phi) is 8.14. The number of rotatable bonds is 10. The Labute approximate surface area is 169 Å². The van der Waals surface area contributed by atoms with Crippen molar-refractivity contribution in [2.75, 3.05) is 39.4 Å². The van der Waals surface area contributed by atoms with Crippen LogP contribution < -0.4 is 24.3 Å². The van der Waals surface area contributed by atoms with E-state index in [9.17, 15) is 9.59 Å². The monoisotopic (exact) mass is 403 g/mol. The lowest BCUT2D eigenvalue weighted by atomic mass is 10.2. The first-order chi connectivity index (χ1) is 14.0. The van der Waals surface area contributed by atoms with Crippen LogP contribution in [0.4, 0.5) is 5.69 Å². The second-order valence-electron chi connectivity index (χ2n) is 5.75. The Morgan fingerprint density at radius 2 is 1.48 bits per heavy atom. The SMILES string of the molecule is CCOc1ccc(NC(=O)COC(=O)c2cc(OC)cc(OC)c2)cc1OCC. The average molecular weight is 403 g/mol. The van der Waals surface area contributed by atoms with E-state index in [2.05, 4.69) is 5.32 Å². The molecule has 2 aromatic rings. The number of carbonyl (C=O) groups is 2. The average Bonchev–Trinajstić information content (AvgIpc) is 2.73. The number of amides is 1. The van der Waals surface area contributed by atoms with Crippen LogP contribution in [0.5, 0.6) is 23.0 Å². The van der Waals surface area contributed by atoms with Gasteiger partial charge in [0.2, 0.25) is 0 Å². The molecule has 0 saturated carbocycles. The highest BCUT2D eigenvalue weighted by atomic mass is 16.5. The number of esters is 1. The van der Waals surface area contributed by atoms with Crippen LogP contribution in [0, 0.1) is 0 Å². The van der Waals surface area contributed by atoms with Crippen molar-refractivity contribution in [1.29, 1.82) is 0 Å². The lowest BCUT2D eigenvalue weighted by molar-refractivity contribution is -0.119. The van der Waals surface area contributed by atoms with Crippen molar-refractivity contribution < 1.29 is 33.3 Å². The third-order valence-electron chi connectivity index (χ3n) is 3.75. The van der Waals surface area contributed by atoms with Crippen LogP contribution in [0.1, 0.15) is 24.2 Å². The zero-order valence-electron chi connectivity index (χ0n) is 16.9. The first kappa shape index (κ1) is 21.9. The van der Waals surface area contributed by atoms with Crippen molar-refractivity contribution in [3.63, 3.8) is 0 Å². The molecule has 0 bridgehead atoms. The molecule has 0 atom stereocenters. The smallest absolute Gasteiger partial charge is 0.338 e. The zero-order chi connectivity index (χ0) is 21.2. The molecule has 0 heterocycles. The maximum atomic E-state index is 12.2. The van der Waals surface area contributed by atoms with E-state index in [1.165, 1.54) is 26.4 Å². The number of carbonyl (C=O) groups excluding carboxylic acids is 2. The van der Waals surface area contributed by atoms with E-state index in [0.717, 1.165) is 0 Å². The highest BCUT2D eigenvalue weighted by Gasteiger charge is 2.14. The van der Waals surface area contributed by atoms with E-state index in [-0.39, 0.29) is 5.56 Å². The second-order valence-corrected chi connectivity index (χ2v) is 5.75. The molecule has 29 heavy (non-hydrogen) atoms. The summed E-state index contributed by atoms with van der Waals surface area (Å²) in [5, 5.41) is 2.66. The molecule has 1 N–H and O–H groups in total. The molecular formula is C21H25NO7. The van der Waals surface area contributed by atoms with Gasteiger partial charge in [0.05, 0.1) is 33.0 Å². The summed E-state index contributed by atoms with van der Waals surface area (Å²) in [4.78, 5) is 24.4. The van der Waals surface area contributed by atoms with Gasteiger partial charge < -0.3 is 29.0 Å². The molecule has 0 spiro atoms. The van der Waals surface area contributed by atoms with Crippen LogP contribution in [0.25, 0.3) is 0 Å². The molecule has 0 aliphatic rings. The van der Waals surface area contributed by atoms with Gasteiger partial charge >= 0.3 is 5.97 Å². The maximum absolute atomic E-state index is 12.2. The fraction of sp³-hybridized carbons (Fsp3) is 0.333. The number of ether oxygens (including phenoxy) is 5. The second kappa shape index (κ2) is 10.8. The van der Waals surface area contributed by atoms with Gasteiger partial charge in [-0.1, -0.05) is 0 Å². The summed E-state index contributed by atoms with van der Waals surface area (Å²) in [6.07, 6.45) is 0. The van der Waals surface area contributed by atoms with Gasteiger partial charge in [-0.2, -0.15) is 0 Å². The summed E-state index contributed by atoms with van der Waals surface area (Å²) in [6.45, 7) is 4.23. The van der Waals surface area contributed by atoms with Gasteiger partial charge in [0.25, 0.3) is 5.91 Å².